The molecule has 0 amide bonds. The molecule has 0 bridgehead atoms. The second-order valence-electron chi connectivity index (χ2n) is 2.55. The van der Waals surface area contributed by atoms with Crippen molar-refractivity contribution in [1.82, 2.24) is 4.98 Å². The molecule has 80 valence electrons. The maximum Gasteiger partial charge on any atom is 0.335 e. The van der Waals surface area contributed by atoms with E-state index in [0.29, 0.717) is 0 Å². The molecule has 0 unspecified atom stereocenters. The van der Waals surface area contributed by atoms with E-state index in [1.54, 1.807) is 0 Å². The van der Waals surface area contributed by atoms with Crippen LogP contribution in [0.4, 0.5) is 5.69 Å². The maximum absolute atomic E-state index is 11.0. The van der Waals surface area contributed by atoms with Crippen molar-refractivity contribution >= 4 is 5.69 Å². The molecule has 0 saturated carbocycles. The second kappa shape index (κ2) is 5.19. The van der Waals surface area contributed by atoms with Crippen LogP contribution >= 0.6 is 0 Å². The minimum atomic E-state index is -0.794. The van der Waals surface area contributed by atoms with Crippen LogP contribution in [-0.2, 0) is 0 Å². The number of nitro groups is 1. The number of nitrogens with one attached hydrogen (secondary N) is 1. The Morgan fingerprint density at radius 3 is 3.06 bits per heavy atom. The van der Waals surface area contributed by atoms with Gasteiger partial charge < -0.3 is 4.98 Å². The molecule has 8 nitrogen and oxygen atoms in total. The van der Waals surface area contributed by atoms with E-state index in [1.807, 2.05) is 0 Å². The van der Waals surface area contributed by atoms with E-state index in [4.69, 9.17) is 5.53 Å². The summed E-state index contributed by atoms with van der Waals surface area (Å²) in [7, 11) is 0. The fourth-order valence-corrected chi connectivity index (χ4v) is 0.888. The minimum Gasteiger partial charge on any atom is -0.322 e. The van der Waals surface area contributed by atoms with Crippen molar-refractivity contribution in [3.63, 3.8) is 0 Å². The maximum atomic E-state index is 11.0. The van der Waals surface area contributed by atoms with E-state index in [-0.39, 0.29) is 12.1 Å². The molecule has 1 heterocycles. The zero-order valence-corrected chi connectivity index (χ0v) is 7.88. The predicted molar refractivity (Wildman–Crippen MR) is 54.6 cm³/mol. The van der Waals surface area contributed by atoms with Gasteiger partial charge in [-0.2, -0.15) is 0 Å². The first kappa shape index (κ1) is 11.3. The molecule has 1 aromatic rings. The molecule has 8 heteroatoms. The molecule has 0 saturated heterocycles. The minimum absolute atomic E-state index is 0.0383. The quantitative estimate of drug-likeness (QED) is 0.198. The first-order valence-electron chi connectivity index (χ1n) is 4.02. The van der Waals surface area contributed by atoms with Crippen molar-refractivity contribution < 1.29 is 4.92 Å². The van der Waals surface area contributed by atoms with E-state index in [9.17, 15) is 14.9 Å². The van der Waals surface area contributed by atoms with Gasteiger partial charge in [-0.3, -0.25) is 14.9 Å². The van der Waals surface area contributed by atoms with Gasteiger partial charge in [-0.1, -0.05) is 17.0 Å². The van der Waals surface area contributed by atoms with E-state index in [0.717, 1.165) is 6.07 Å². The van der Waals surface area contributed by atoms with E-state index in [2.05, 4.69) is 26.9 Å². The number of aromatic amines is 1. The summed E-state index contributed by atoms with van der Waals surface area (Å²) in [6, 6.07) is 1.06. The molecule has 0 atom stereocenters. The lowest BCUT2D eigenvalue weighted by molar-refractivity contribution is -0.386. The molecule has 0 fully saturated rings. The number of rotatable bonds is 2. The van der Waals surface area contributed by atoms with Crippen molar-refractivity contribution in [2.24, 2.45) is 5.11 Å². The predicted octanol–water partition coefficient (Wildman–Crippen LogP) is 0.945. The van der Waals surface area contributed by atoms with E-state index in [1.165, 1.54) is 6.20 Å². The third kappa shape index (κ3) is 2.87. The number of H-pyrrole nitrogens is 1. The lowest BCUT2D eigenvalue weighted by Crippen LogP contribution is -2.10. The molecule has 16 heavy (non-hydrogen) atoms. The summed E-state index contributed by atoms with van der Waals surface area (Å²) in [6.07, 6.45) is 1.25. The third-order valence-electron chi connectivity index (χ3n) is 1.53. The summed E-state index contributed by atoms with van der Waals surface area (Å²) in [5.74, 6) is 4.99. The van der Waals surface area contributed by atoms with Crippen LogP contribution in [-0.4, -0.2) is 16.5 Å². The molecule has 0 aliphatic heterocycles. The van der Waals surface area contributed by atoms with Crippen LogP contribution in [0.25, 0.3) is 10.4 Å². The van der Waals surface area contributed by atoms with Crippen LogP contribution < -0.4 is 5.56 Å². The van der Waals surface area contributed by atoms with E-state index >= 15 is 0 Å². The van der Waals surface area contributed by atoms with Crippen LogP contribution in [0.1, 0.15) is 5.56 Å². The van der Waals surface area contributed by atoms with Crippen molar-refractivity contribution in [2.45, 2.75) is 0 Å². The van der Waals surface area contributed by atoms with Gasteiger partial charge in [0.1, 0.15) is 0 Å². The lowest BCUT2D eigenvalue weighted by Gasteiger charge is -1.90. The monoisotopic (exact) mass is 219 g/mol. The van der Waals surface area contributed by atoms with Gasteiger partial charge in [-0.15, -0.1) is 0 Å². The van der Waals surface area contributed by atoms with Crippen LogP contribution in [0.3, 0.4) is 0 Å². The molecule has 0 radical (unpaired) electrons. The number of aromatic nitrogens is 1. The van der Waals surface area contributed by atoms with Gasteiger partial charge in [0.15, 0.2) is 0 Å². The Kier molecular flexibility index (Phi) is 3.66. The molecule has 1 aromatic heterocycles. The van der Waals surface area contributed by atoms with Crippen LogP contribution in [0.15, 0.2) is 22.2 Å². The SMILES string of the molecule is [N-]=[N+]=NCC#Cc1c[nH]c(=O)c([N+](=O)[O-])c1. The highest BCUT2D eigenvalue weighted by Gasteiger charge is 2.11. The summed E-state index contributed by atoms with van der Waals surface area (Å²) in [5, 5.41) is 13.6. The molecular formula is C8H5N5O3. The van der Waals surface area contributed by atoms with Crippen LogP contribution in [0, 0.1) is 22.0 Å². The Labute approximate surface area is 88.7 Å². The van der Waals surface area contributed by atoms with Gasteiger partial charge >= 0.3 is 11.2 Å². The molecule has 0 aromatic carbocycles. The fourth-order valence-electron chi connectivity index (χ4n) is 0.888. The second-order valence-corrected chi connectivity index (χ2v) is 2.55. The largest absolute Gasteiger partial charge is 0.335 e. The first-order valence-corrected chi connectivity index (χ1v) is 4.02. The zero-order valence-electron chi connectivity index (χ0n) is 7.88. The van der Waals surface area contributed by atoms with Gasteiger partial charge in [-0.05, 0) is 5.53 Å². The number of nitrogens with zero attached hydrogens (tertiary/aromatic N) is 4. The van der Waals surface area contributed by atoms with Crippen LogP contribution in [0.5, 0.6) is 0 Å². The Bertz CT molecular complexity index is 573. The topological polar surface area (TPSA) is 125 Å². The normalized spacial score (nSPS) is 8.50. The Morgan fingerprint density at radius 2 is 2.44 bits per heavy atom. The Morgan fingerprint density at radius 1 is 1.69 bits per heavy atom. The molecule has 0 aliphatic carbocycles. The third-order valence-corrected chi connectivity index (χ3v) is 1.53. The average molecular weight is 219 g/mol. The van der Waals surface area contributed by atoms with Gasteiger partial charge in [-0.25, -0.2) is 0 Å². The molecule has 1 rings (SSSR count). The lowest BCUT2D eigenvalue weighted by atomic mass is 10.2. The molecular weight excluding hydrogens is 214 g/mol. The molecule has 0 spiro atoms. The van der Waals surface area contributed by atoms with Crippen molar-refractivity contribution in [2.75, 3.05) is 6.54 Å². The van der Waals surface area contributed by atoms with Crippen molar-refractivity contribution in [3.05, 3.63) is 48.7 Å². The van der Waals surface area contributed by atoms with Crippen LogP contribution in [0.2, 0.25) is 0 Å². The highest BCUT2D eigenvalue weighted by Crippen LogP contribution is 2.04. The summed E-state index contributed by atoms with van der Waals surface area (Å²) >= 11 is 0. The van der Waals surface area contributed by atoms with Gasteiger partial charge in [0, 0.05) is 22.7 Å². The summed E-state index contributed by atoms with van der Waals surface area (Å²) in [4.78, 5) is 25.3. The van der Waals surface area contributed by atoms with Gasteiger partial charge in [0.05, 0.1) is 11.5 Å². The fraction of sp³-hybridized carbons (Fsp3) is 0.125. The summed E-state index contributed by atoms with van der Waals surface area (Å²) in [5.41, 5.74) is 6.89. The Hall–Kier alpha value is -2.78. The number of azide groups is 1. The smallest absolute Gasteiger partial charge is 0.322 e. The number of pyridine rings is 1. The Balaban J connectivity index is 3.02. The highest BCUT2D eigenvalue weighted by atomic mass is 16.6. The number of hydrogen-bond donors (Lipinski definition) is 1. The molecule has 1 N–H and O–H groups in total. The zero-order chi connectivity index (χ0) is 12.0. The van der Waals surface area contributed by atoms with Crippen molar-refractivity contribution in [1.29, 1.82) is 0 Å². The molecule has 0 aliphatic rings. The number of hydrogen-bond acceptors (Lipinski definition) is 4. The average Bonchev–Trinajstić information content (AvgIpc) is 2.26. The summed E-state index contributed by atoms with van der Waals surface area (Å²) in [6.45, 7) is -0.0383. The first-order chi connectivity index (χ1) is 7.65. The van der Waals surface area contributed by atoms with Crippen molar-refractivity contribution in [3.8, 4) is 11.8 Å². The van der Waals surface area contributed by atoms with E-state index < -0.39 is 16.2 Å². The summed E-state index contributed by atoms with van der Waals surface area (Å²) < 4.78 is 0. The highest BCUT2D eigenvalue weighted by molar-refractivity contribution is 5.40. The van der Waals surface area contributed by atoms with Gasteiger partial charge in [0.25, 0.3) is 0 Å². The van der Waals surface area contributed by atoms with Gasteiger partial charge in [0.2, 0.25) is 0 Å². The standard InChI is InChI=1S/C8H5N5O3/c9-12-11-3-1-2-6-4-7(13(15)16)8(14)10-5-6/h4-5H,3H2,(H,10,14).